The molecule has 8 heteroatoms. The molecule has 1 amide bonds. The molecule has 30 heavy (non-hydrogen) atoms. The molecule has 1 aliphatic heterocycles. The number of imidazole rings is 1. The molecule has 1 atom stereocenters. The smallest absolute Gasteiger partial charge is 0.338 e. The maximum absolute atomic E-state index is 14.8. The first-order valence-electron chi connectivity index (χ1n) is 9.71. The Bertz CT molecular complexity index is 1310. The van der Waals surface area contributed by atoms with Crippen LogP contribution in [0.5, 0.6) is 0 Å². The van der Waals surface area contributed by atoms with Crippen LogP contribution < -0.4 is 5.32 Å². The number of carbonyl (C=O) groups is 2. The minimum atomic E-state index is -0.367. The molecule has 1 fully saturated rings. The maximum atomic E-state index is 14.8. The molecule has 1 saturated heterocycles. The largest absolute Gasteiger partial charge is 0.462 e. The lowest BCUT2D eigenvalue weighted by molar-refractivity contribution is -0.119. The number of nitrogens with zero attached hydrogens (tertiary/aromatic N) is 2. The number of aromatic nitrogens is 2. The molecule has 1 N–H and O–H groups in total. The van der Waals surface area contributed by atoms with E-state index in [4.69, 9.17) is 4.74 Å². The fourth-order valence-electron chi connectivity index (χ4n) is 3.79. The highest BCUT2D eigenvalue weighted by Crippen LogP contribution is 2.33. The van der Waals surface area contributed by atoms with Crippen molar-refractivity contribution in [1.82, 2.24) is 14.7 Å². The molecule has 0 saturated carbocycles. The highest BCUT2D eigenvalue weighted by Gasteiger charge is 2.23. The number of nitrogens with one attached hydrogen (secondary N) is 1. The van der Waals surface area contributed by atoms with Gasteiger partial charge in [0, 0.05) is 18.2 Å². The van der Waals surface area contributed by atoms with Crippen LogP contribution in [0.1, 0.15) is 41.7 Å². The summed E-state index contributed by atoms with van der Waals surface area (Å²) in [4.78, 5) is 28.7. The maximum Gasteiger partial charge on any atom is 0.338 e. The van der Waals surface area contributed by atoms with E-state index in [1.807, 2.05) is 16.5 Å². The number of thiazole rings is 1. The molecule has 1 aliphatic rings. The van der Waals surface area contributed by atoms with Gasteiger partial charge < -0.3 is 10.1 Å². The zero-order chi connectivity index (χ0) is 20.8. The second-order valence-electron chi connectivity index (χ2n) is 7.18. The van der Waals surface area contributed by atoms with Crippen LogP contribution in [0.25, 0.3) is 26.4 Å². The third-order valence-electron chi connectivity index (χ3n) is 5.27. The van der Waals surface area contributed by atoms with Crippen molar-refractivity contribution in [3.05, 3.63) is 59.5 Å². The lowest BCUT2D eigenvalue weighted by Crippen LogP contribution is -2.18. The molecule has 2 aromatic heterocycles. The number of benzene rings is 2. The second kappa shape index (κ2) is 7.21. The Labute approximate surface area is 175 Å². The Morgan fingerprint density at radius 2 is 2.20 bits per heavy atom. The van der Waals surface area contributed by atoms with Gasteiger partial charge in [-0.3, -0.25) is 9.20 Å². The topological polar surface area (TPSA) is 72.7 Å². The first kappa shape index (κ1) is 18.7. The highest BCUT2D eigenvalue weighted by molar-refractivity contribution is 7.23. The fourth-order valence-corrected chi connectivity index (χ4v) is 4.84. The van der Waals surface area contributed by atoms with Crippen LogP contribution in [0.3, 0.4) is 0 Å². The third-order valence-corrected chi connectivity index (χ3v) is 6.29. The molecule has 0 unspecified atom stereocenters. The molecule has 152 valence electrons. The minimum absolute atomic E-state index is 0.00295. The van der Waals surface area contributed by atoms with Crippen LogP contribution in [0.15, 0.2) is 42.6 Å². The van der Waals surface area contributed by atoms with Crippen LogP contribution in [0.2, 0.25) is 0 Å². The van der Waals surface area contributed by atoms with Crippen LogP contribution in [0, 0.1) is 5.82 Å². The Morgan fingerprint density at radius 1 is 1.33 bits per heavy atom. The predicted molar refractivity (Wildman–Crippen MR) is 112 cm³/mol. The monoisotopic (exact) mass is 423 g/mol. The third kappa shape index (κ3) is 3.13. The summed E-state index contributed by atoms with van der Waals surface area (Å²) in [6.45, 7) is 2.10. The van der Waals surface area contributed by atoms with Gasteiger partial charge in [0.15, 0.2) is 4.96 Å². The van der Waals surface area contributed by atoms with E-state index in [0.717, 1.165) is 15.8 Å². The number of amides is 1. The van der Waals surface area contributed by atoms with Crippen LogP contribution in [0.4, 0.5) is 4.39 Å². The van der Waals surface area contributed by atoms with E-state index in [1.165, 1.54) is 17.4 Å². The molecule has 2 aromatic carbocycles. The Kier molecular flexibility index (Phi) is 4.51. The average molecular weight is 423 g/mol. The van der Waals surface area contributed by atoms with Gasteiger partial charge >= 0.3 is 5.97 Å². The van der Waals surface area contributed by atoms with Gasteiger partial charge in [-0.05, 0) is 49.2 Å². The standard InChI is InChI=1S/C22H18FN3O3S/c1-2-29-21(28)13-4-7-18-19(10-13)30-22-25-17(11-26(18)22)14-5-3-12(9-15(14)23)16-6-8-20(27)24-16/h3-5,7,9-11,16H,2,6,8H2,1H3,(H,24,27)/t16-/m1/s1. The van der Waals surface area contributed by atoms with Gasteiger partial charge in [-0.15, -0.1) is 0 Å². The Hall–Kier alpha value is -3.26. The summed E-state index contributed by atoms with van der Waals surface area (Å²) >= 11 is 1.43. The van der Waals surface area contributed by atoms with Gasteiger partial charge in [-0.2, -0.15) is 0 Å². The second-order valence-corrected chi connectivity index (χ2v) is 8.19. The van der Waals surface area contributed by atoms with Gasteiger partial charge in [-0.1, -0.05) is 17.4 Å². The summed E-state index contributed by atoms with van der Waals surface area (Å²) in [5, 5.41) is 2.86. The SMILES string of the molecule is CCOC(=O)c1ccc2c(c1)sc1nc(-c3ccc([C@H]4CCC(=O)N4)cc3F)cn12. The zero-order valence-corrected chi connectivity index (χ0v) is 17.0. The van der Waals surface area contributed by atoms with E-state index >= 15 is 0 Å². The molecule has 6 nitrogen and oxygen atoms in total. The number of rotatable bonds is 4. The van der Waals surface area contributed by atoms with E-state index in [0.29, 0.717) is 41.2 Å². The molecular formula is C22H18FN3O3S. The summed E-state index contributed by atoms with van der Waals surface area (Å²) in [5.74, 6) is -0.725. The molecule has 0 radical (unpaired) electrons. The van der Waals surface area contributed by atoms with Crippen LogP contribution >= 0.6 is 11.3 Å². The number of fused-ring (bicyclic) bond motifs is 3. The highest BCUT2D eigenvalue weighted by atomic mass is 32.1. The first-order chi connectivity index (χ1) is 14.5. The van der Waals surface area contributed by atoms with Crippen LogP contribution in [-0.4, -0.2) is 27.9 Å². The molecule has 0 aliphatic carbocycles. The molecular weight excluding hydrogens is 405 g/mol. The Morgan fingerprint density at radius 3 is 2.93 bits per heavy atom. The fraction of sp³-hybridized carbons (Fsp3) is 0.227. The van der Waals surface area contributed by atoms with Crippen molar-refractivity contribution in [2.75, 3.05) is 6.61 Å². The van der Waals surface area contributed by atoms with E-state index < -0.39 is 0 Å². The van der Waals surface area contributed by atoms with Crippen molar-refractivity contribution in [2.45, 2.75) is 25.8 Å². The van der Waals surface area contributed by atoms with Crippen molar-refractivity contribution >= 4 is 38.4 Å². The van der Waals surface area contributed by atoms with E-state index in [9.17, 15) is 14.0 Å². The van der Waals surface area contributed by atoms with E-state index in [2.05, 4.69) is 10.3 Å². The average Bonchev–Trinajstić information content (AvgIpc) is 3.41. The zero-order valence-electron chi connectivity index (χ0n) is 16.1. The molecule has 0 bridgehead atoms. The van der Waals surface area contributed by atoms with Gasteiger partial charge in [0.1, 0.15) is 5.82 Å². The lowest BCUT2D eigenvalue weighted by Gasteiger charge is -2.11. The van der Waals surface area contributed by atoms with Crippen molar-refractivity contribution < 1.29 is 18.7 Å². The van der Waals surface area contributed by atoms with Crippen molar-refractivity contribution in [3.63, 3.8) is 0 Å². The predicted octanol–water partition coefficient (Wildman–Crippen LogP) is 4.48. The van der Waals surface area contributed by atoms with Crippen LogP contribution in [-0.2, 0) is 9.53 Å². The number of carbonyl (C=O) groups excluding carboxylic acids is 2. The molecule has 0 spiro atoms. The van der Waals surface area contributed by atoms with Gasteiger partial charge in [-0.25, -0.2) is 14.2 Å². The normalized spacial score (nSPS) is 16.3. The van der Waals surface area contributed by atoms with Gasteiger partial charge in [0.2, 0.25) is 5.91 Å². The van der Waals surface area contributed by atoms with Gasteiger partial charge in [0.05, 0.1) is 34.1 Å². The van der Waals surface area contributed by atoms with E-state index in [1.54, 1.807) is 31.3 Å². The van der Waals surface area contributed by atoms with E-state index in [-0.39, 0.29) is 23.7 Å². The number of hydrogen-bond acceptors (Lipinski definition) is 5. The number of hydrogen-bond donors (Lipinski definition) is 1. The molecule has 4 aromatic rings. The number of halogens is 1. The van der Waals surface area contributed by atoms with Crippen molar-refractivity contribution in [1.29, 1.82) is 0 Å². The summed E-state index contributed by atoms with van der Waals surface area (Å²) in [7, 11) is 0. The quantitative estimate of drug-likeness (QED) is 0.491. The summed E-state index contributed by atoms with van der Waals surface area (Å²) < 4.78 is 22.7. The van der Waals surface area contributed by atoms with Gasteiger partial charge in [0.25, 0.3) is 0 Å². The summed E-state index contributed by atoms with van der Waals surface area (Å²) in [6, 6.07) is 10.2. The van der Waals surface area contributed by atoms with Crippen molar-refractivity contribution in [3.8, 4) is 11.3 Å². The first-order valence-corrected chi connectivity index (χ1v) is 10.5. The summed E-state index contributed by atoms with van der Waals surface area (Å²) in [5.41, 5.74) is 3.11. The lowest BCUT2D eigenvalue weighted by atomic mass is 10.0. The van der Waals surface area contributed by atoms with Crippen molar-refractivity contribution in [2.24, 2.45) is 0 Å². The number of esters is 1. The minimum Gasteiger partial charge on any atom is -0.462 e. The molecule has 5 rings (SSSR count). The number of ether oxygens (including phenoxy) is 1. The molecule has 3 heterocycles. The Balaban J connectivity index is 1.49. The summed E-state index contributed by atoms with van der Waals surface area (Å²) in [6.07, 6.45) is 2.95.